The Balaban J connectivity index is 2.89. The molecule has 3 heteroatoms. The summed E-state index contributed by atoms with van der Waals surface area (Å²) in [6.45, 7) is 3.19. The Bertz CT molecular complexity index is 384. The second-order valence-electron chi connectivity index (χ2n) is 3.95. The summed E-state index contributed by atoms with van der Waals surface area (Å²) in [7, 11) is 0. The van der Waals surface area contributed by atoms with E-state index in [4.69, 9.17) is 4.74 Å². The number of hydrogen-bond donors (Lipinski definition) is 1. The molecule has 3 nitrogen and oxygen atoms in total. The predicted molar refractivity (Wildman–Crippen MR) is 66.4 cm³/mol. The fourth-order valence-electron chi connectivity index (χ4n) is 1.54. The van der Waals surface area contributed by atoms with Gasteiger partial charge in [0.05, 0.1) is 0 Å². The first-order chi connectivity index (χ1) is 8.08. The lowest BCUT2D eigenvalue weighted by atomic mass is 9.91. The molecule has 92 valence electrons. The highest BCUT2D eigenvalue weighted by Crippen LogP contribution is 2.26. The number of carbonyl (C=O) groups is 1. The van der Waals surface area contributed by atoms with Gasteiger partial charge in [0.25, 0.3) is 0 Å². The molecule has 0 fully saturated rings. The Kier molecular flexibility index (Phi) is 4.91. The highest BCUT2D eigenvalue weighted by atomic mass is 16.5. The molecule has 0 bridgehead atoms. The van der Waals surface area contributed by atoms with E-state index in [9.17, 15) is 9.90 Å². The van der Waals surface area contributed by atoms with Gasteiger partial charge in [-0.2, -0.15) is 0 Å². The van der Waals surface area contributed by atoms with Crippen molar-refractivity contribution in [3.63, 3.8) is 0 Å². The van der Waals surface area contributed by atoms with Crippen LogP contribution in [0, 0.1) is 0 Å². The number of allylic oxidation sites excluding steroid dienone is 1. The molecule has 1 N–H and O–H groups in total. The summed E-state index contributed by atoms with van der Waals surface area (Å²) < 4.78 is 4.94. The molecule has 0 radical (unpaired) electrons. The lowest BCUT2D eigenvalue weighted by Crippen LogP contribution is -2.32. The largest absolute Gasteiger partial charge is 0.462 e. The maximum Gasteiger partial charge on any atom is 0.302 e. The number of ether oxygens (including phenoxy) is 1. The molecular weight excluding hydrogens is 216 g/mol. The van der Waals surface area contributed by atoms with Gasteiger partial charge in [-0.25, -0.2) is 0 Å². The molecule has 0 saturated heterocycles. The van der Waals surface area contributed by atoms with Crippen LogP contribution >= 0.6 is 0 Å². The molecule has 0 amide bonds. The minimum absolute atomic E-state index is 0.0311. The first kappa shape index (κ1) is 13.5. The average Bonchev–Trinajstić information content (AvgIpc) is 2.35. The normalized spacial score (nSPS) is 14.5. The van der Waals surface area contributed by atoms with Gasteiger partial charge in [-0.15, -0.1) is 0 Å². The van der Waals surface area contributed by atoms with E-state index in [2.05, 4.69) is 0 Å². The summed E-state index contributed by atoms with van der Waals surface area (Å²) in [5, 5.41) is 10.5. The van der Waals surface area contributed by atoms with Crippen LogP contribution in [0.1, 0.15) is 25.8 Å². The van der Waals surface area contributed by atoms with Crippen molar-refractivity contribution in [2.75, 3.05) is 6.61 Å². The van der Waals surface area contributed by atoms with E-state index in [1.54, 1.807) is 0 Å². The summed E-state index contributed by atoms with van der Waals surface area (Å²) in [6, 6.07) is 9.23. The Labute approximate surface area is 102 Å². The predicted octanol–water partition coefficient (Wildman–Crippen LogP) is 2.40. The molecule has 0 aliphatic carbocycles. The van der Waals surface area contributed by atoms with Gasteiger partial charge in [0.2, 0.25) is 0 Å². The fourth-order valence-corrected chi connectivity index (χ4v) is 1.54. The smallest absolute Gasteiger partial charge is 0.302 e. The molecule has 1 atom stereocenters. The van der Waals surface area contributed by atoms with E-state index in [1.807, 2.05) is 49.4 Å². The highest BCUT2D eigenvalue weighted by molar-refractivity contribution is 5.66. The van der Waals surface area contributed by atoms with Crippen molar-refractivity contribution in [2.45, 2.75) is 25.9 Å². The first-order valence-corrected chi connectivity index (χ1v) is 5.61. The fraction of sp³-hybridized carbons (Fsp3) is 0.357. The van der Waals surface area contributed by atoms with E-state index in [0.29, 0.717) is 6.42 Å². The van der Waals surface area contributed by atoms with Crippen molar-refractivity contribution >= 4 is 5.97 Å². The zero-order chi connectivity index (χ0) is 12.7. The molecule has 0 unspecified atom stereocenters. The standard InChI is InChI=1S/C14H18O3/c1-3-4-10-14(16,11-17-12(2)15)13-8-6-5-7-9-13/h3-9,16H,10-11H2,1-2H3/b4-3+/t14-/m0/s1. The maximum atomic E-state index is 10.8. The number of aliphatic hydroxyl groups is 1. The quantitative estimate of drug-likeness (QED) is 0.628. The van der Waals surface area contributed by atoms with Crippen LogP contribution in [0.5, 0.6) is 0 Å². The molecule has 0 aliphatic heterocycles. The van der Waals surface area contributed by atoms with Gasteiger partial charge in [0.15, 0.2) is 0 Å². The summed E-state index contributed by atoms with van der Waals surface area (Å²) in [6.07, 6.45) is 4.14. The SMILES string of the molecule is C/C=C/C[C@](O)(COC(C)=O)c1ccccc1. The third-order valence-corrected chi connectivity index (χ3v) is 2.52. The summed E-state index contributed by atoms with van der Waals surface area (Å²) in [5.74, 6) is -0.389. The van der Waals surface area contributed by atoms with Crippen molar-refractivity contribution in [1.82, 2.24) is 0 Å². The van der Waals surface area contributed by atoms with Crippen molar-refractivity contribution in [3.8, 4) is 0 Å². The molecule has 0 spiro atoms. The average molecular weight is 234 g/mol. The minimum Gasteiger partial charge on any atom is -0.462 e. The lowest BCUT2D eigenvalue weighted by Gasteiger charge is -2.26. The van der Waals surface area contributed by atoms with Crippen LogP contribution < -0.4 is 0 Å². The second-order valence-corrected chi connectivity index (χ2v) is 3.95. The minimum atomic E-state index is -1.15. The molecule has 1 aromatic rings. The van der Waals surface area contributed by atoms with Crippen molar-refractivity contribution in [3.05, 3.63) is 48.0 Å². The number of carbonyl (C=O) groups excluding carboxylic acids is 1. The summed E-state index contributed by atoms with van der Waals surface area (Å²) in [5.41, 5.74) is -0.404. The maximum absolute atomic E-state index is 10.8. The molecule has 17 heavy (non-hydrogen) atoms. The van der Waals surface area contributed by atoms with Gasteiger partial charge in [-0.1, -0.05) is 42.5 Å². The Morgan fingerprint density at radius 2 is 2.06 bits per heavy atom. The Hall–Kier alpha value is -1.61. The second kappa shape index (κ2) is 6.21. The van der Waals surface area contributed by atoms with Gasteiger partial charge in [-0.3, -0.25) is 4.79 Å². The van der Waals surface area contributed by atoms with E-state index < -0.39 is 5.60 Å². The van der Waals surface area contributed by atoms with E-state index >= 15 is 0 Å². The van der Waals surface area contributed by atoms with Gasteiger partial charge < -0.3 is 9.84 Å². The molecule has 0 aliphatic rings. The van der Waals surface area contributed by atoms with Gasteiger partial charge >= 0.3 is 5.97 Å². The van der Waals surface area contributed by atoms with E-state index in [0.717, 1.165) is 5.56 Å². The third kappa shape index (κ3) is 4.04. The monoisotopic (exact) mass is 234 g/mol. The van der Waals surface area contributed by atoms with E-state index in [-0.39, 0.29) is 12.6 Å². The number of esters is 1. The van der Waals surface area contributed by atoms with Crippen molar-refractivity contribution < 1.29 is 14.6 Å². The van der Waals surface area contributed by atoms with Gasteiger partial charge in [0.1, 0.15) is 12.2 Å². The van der Waals surface area contributed by atoms with Crippen molar-refractivity contribution in [2.24, 2.45) is 0 Å². The van der Waals surface area contributed by atoms with Crippen LogP contribution in [0.25, 0.3) is 0 Å². The highest BCUT2D eigenvalue weighted by Gasteiger charge is 2.29. The zero-order valence-corrected chi connectivity index (χ0v) is 10.2. The van der Waals surface area contributed by atoms with Crippen LogP contribution in [0.15, 0.2) is 42.5 Å². The Morgan fingerprint density at radius 3 is 2.59 bits per heavy atom. The van der Waals surface area contributed by atoms with Crippen molar-refractivity contribution in [1.29, 1.82) is 0 Å². The first-order valence-electron chi connectivity index (χ1n) is 5.61. The van der Waals surface area contributed by atoms with Crippen LogP contribution in [-0.4, -0.2) is 17.7 Å². The number of benzene rings is 1. The molecule has 0 aromatic heterocycles. The number of hydrogen-bond acceptors (Lipinski definition) is 3. The third-order valence-electron chi connectivity index (χ3n) is 2.52. The van der Waals surface area contributed by atoms with E-state index in [1.165, 1.54) is 6.92 Å². The lowest BCUT2D eigenvalue weighted by molar-refractivity contribution is -0.149. The molecule has 1 aromatic carbocycles. The van der Waals surface area contributed by atoms with Gasteiger partial charge in [-0.05, 0) is 12.5 Å². The summed E-state index contributed by atoms with van der Waals surface area (Å²) in [4.78, 5) is 10.8. The summed E-state index contributed by atoms with van der Waals surface area (Å²) >= 11 is 0. The van der Waals surface area contributed by atoms with Crippen LogP contribution in [-0.2, 0) is 15.1 Å². The van der Waals surface area contributed by atoms with Crippen LogP contribution in [0.4, 0.5) is 0 Å². The molecular formula is C14H18O3. The topological polar surface area (TPSA) is 46.5 Å². The Morgan fingerprint density at radius 1 is 1.41 bits per heavy atom. The van der Waals surface area contributed by atoms with Crippen LogP contribution in [0.2, 0.25) is 0 Å². The zero-order valence-electron chi connectivity index (χ0n) is 10.2. The molecule has 1 rings (SSSR count). The molecule has 0 saturated carbocycles. The molecule has 0 heterocycles. The van der Waals surface area contributed by atoms with Crippen LogP contribution in [0.3, 0.4) is 0 Å². The number of rotatable bonds is 5. The van der Waals surface area contributed by atoms with Gasteiger partial charge in [0, 0.05) is 13.3 Å².